The lowest BCUT2D eigenvalue weighted by Gasteiger charge is -2.20. The molecule has 326 valence electrons. The number of aliphatic carboxylic acids is 1. The largest absolute Gasteiger partial charge is 0.480 e. The minimum Gasteiger partial charge on any atom is -0.480 e. The summed E-state index contributed by atoms with van der Waals surface area (Å²) in [4.78, 5) is 45.9. The summed E-state index contributed by atoms with van der Waals surface area (Å²) in [6, 6.07) is -1.54. The molecular weight excluding hydrogens is 757 g/mol. The normalized spacial score (nSPS) is 14.8. The number of carboxylic acids is 1. The number of phosphoric ester groups is 1. The van der Waals surface area contributed by atoms with E-state index in [1.165, 1.54) is 19.3 Å². The molecule has 12 heteroatoms. The summed E-state index contributed by atoms with van der Waals surface area (Å²) in [5.74, 6) is -2.54. The van der Waals surface area contributed by atoms with Crippen molar-refractivity contribution in [3.63, 3.8) is 0 Å². The van der Waals surface area contributed by atoms with Crippen LogP contribution in [0.25, 0.3) is 0 Å². The molecule has 0 heterocycles. The maximum absolute atomic E-state index is 12.6. The Morgan fingerprint density at radius 1 is 0.552 bits per heavy atom. The first-order valence-electron chi connectivity index (χ1n) is 20.9. The van der Waals surface area contributed by atoms with Crippen molar-refractivity contribution in [1.29, 1.82) is 0 Å². The van der Waals surface area contributed by atoms with Crippen LogP contribution in [0.4, 0.5) is 0 Å². The number of hydrogen-bond donors (Lipinski definition) is 3. The highest BCUT2D eigenvalue weighted by Gasteiger charge is 2.28. The summed E-state index contributed by atoms with van der Waals surface area (Å²) in [6.45, 7) is 2.51. The summed E-state index contributed by atoms with van der Waals surface area (Å²) in [5, 5.41) is 8.88. The predicted molar refractivity (Wildman–Crippen MR) is 235 cm³/mol. The lowest BCUT2D eigenvalue weighted by atomic mass is 10.2. The second-order valence-electron chi connectivity index (χ2n) is 13.4. The van der Waals surface area contributed by atoms with Crippen molar-refractivity contribution in [2.75, 3.05) is 19.8 Å². The molecule has 0 aromatic carbocycles. The number of unbranched alkanes of at least 4 members (excludes halogenated alkanes) is 5. The van der Waals surface area contributed by atoms with Gasteiger partial charge >= 0.3 is 25.7 Å². The average molecular weight is 830 g/mol. The third-order valence-electron chi connectivity index (χ3n) is 8.00. The van der Waals surface area contributed by atoms with E-state index in [1.54, 1.807) is 0 Å². The molecule has 0 saturated heterocycles. The van der Waals surface area contributed by atoms with Gasteiger partial charge in [0.05, 0.1) is 13.2 Å². The maximum atomic E-state index is 12.6. The molecule has 0 spiro atoms. The van der Waals surface area contributed by atoms with E-state index in [4.69, 9.17) is 24.8 Å². The number of carbonyl (C=O) groups excluding carboxylic acids is 2. The van der Waals surface area contributed by atoms with Crippen LogP contribution in [0.2, 0.25) is 0 Å². The summed E-state index contributed by atoms with van der Waals surface area (Å²) >= 11 is 0. The zero-order chi connectivity index (χ0) is 42.8. The standard InChI is InChI=1S/C46H72NO10P/c1-3-5-7-9-11-13-15-17-19-21-23-25-27-29-31-33-35-37-44(48)54-39-42(40-55-58(52,53)56-41-43(47)46(50)51)57-45(49)38-36-34-32-30-28-26-24-22-20-18-16-14-12-10-8-6-4-2/h5,7,11-14,17-20,23-26,29-32,42-43H,3-4,6,8-10,15-16,21-22,27-28,33-41,47H2,1-2H3,(H,50,51)(H,52,53)/b7-5+,13-11+,14-12+,19-17+,20-18+,25-23+,26-24+,31-29+,32-30+/t42-,43+/m1/s1. The Morgan fingerprint density at radius 3 is 1.38 bits per heavy atom. The fourth-order valence-corrected chi connectivity index (χ4v) is 5.52. The number of carboxylic acid groups (broad SMARTS) is 1. The van der Waals surface area contributed by atoms with Gasteiger partial charge in [-0.05, 0) is 89.9 Å². The van der Waals surface area contributed by atoms with E-state index in [9.17, 15) is 23.8 Å². The van der Waals surface area contributed by atoms with Crippen molar-refractivity contribution in [1.82, 2.24) is 0 Å². The molecule has 1 unspecified atom stereocenters. The van der Waals surface area contributed by atoms with Gasteiger partial charge in [-0.1, -0.05) is 136 Å². The van der Waals surface area contributed by atoms with Gasteiger partial charge in [0.15, 0.2) is 6.10 Å². The average Bonchev–Trinajstić information content (AvgIpc) is 3.20. The van der Waals surface area contributed by atoms with E-state index >= 15 is 0 Å². The van der Waals surface area contributed by atoms with Crippen LogP contribution in [0.1, 0.15) is 129 Å². The Kier molecular flexibility index (Phi) is 37.3. The second kappa shape index (κ2) is 39.9. The zero-order valence-corrected chi connectivity index (χ0v) is 36.0. The van der Waals surface area contributed by atoms with Crippen molar-refractivity contribution in [3.8, 4) is 0 Å². The summed E-state index contributed by atoms with van der Waals surface area (Å²) in [6.07, 6.45) is 51.7. The predicted octanol–water partition coefficient (Wildman–Crippen LogP) is 11.1. The fraction of sp³-hybridized carbons (Fsp3) is 0.543. The molecule has 0 aromatic heterocycles. The van der Waals surface area contributed by atoms with E-state index in [1.807, 2.05) is 24.3 Å². The van der Waals surface area contributed by atoms with Gasteiger partial charge in [0.2, 0.25) is 0 Å². The molecule has 0 aliphatic heterocycles. The number of hydrogen-bond acceptors (Lipinski definition) is 9. The second-order valence-corrected chi connectivity index (χ2v) is 14.8. The summed E-state index contributed by atoms with van der Waals surface area (Å²) in [7, 11) is -4.75. The van der Waals surface area contributed by atoms with Gasteiger partial charge < -0.3 is 25.2 Å². The van der Waals surface area contributed by atoms with E-state index in [2.05, 4.69) is 103 Å². The smallest absolute Gasteiger partial charge is 0.472 e. The zero-order valence-electron chi connectivity index (χ0n) is 35.1. The van der Waals surface area contributed by atoms with Crippen LogP contribution >= 0.6 is 7.82 Å². The summed E-state index contributed by atoms with van der Waals surface area (Å²) in [5.41, 5.74) is 5.32. The third kappa shape index (κ3) is 39.0. The van der Waals surface area contributed by atoms with Crippen molar-refractivity contribution < 1.29 is 47.5 Å². The van der Waals surface area contributed by atoms with Crippen molar-refractivity contribution in [3.05, 3.63) is 109 Å². The van der Waals surface area contributed by atoms with Gasteiger partial charge in [-0.3, -0.25) is 23.4 Å². The molecule has 0 bridgehead atoms. The van der Waals surface area contributed by atoms with Crippen molar-refractivity contribution >= 4 is 25.7 Å². The maximum Gasteiger partial charge on any atom is 0.472 e. The SMILES string of the molecule is CC/C=C/C/C=C/C/C=C/C/C=C/C/C=C/CCCC(=O)OC[C@H](COP(=O)(O)OC[C@H](N)C(=O)O)OC(=O)CCC/C=C/C/C=C/C/C=C/C/C=C/CCCCC. The number of esters is 2. The fourth-order valence-electron chi connectivity index (χ4n) is 4.74. The van der Waals surface area contributed by atoms with Crippen molar-refractivity contribution in [2.45, 2.75) is 142 Å². The molecule has 0 rings (SSSR count). The first-order chi connectivity index (χ1) is 28.1. The molecule has 0 saturated carbocycles. The Bertz CT molecular complexity index is 1390. The van der Waals surface area contributed by atoms with Gasteiger partial charge in [0.25, 0.3) is 0 Å². The van der Waals surface area contributed by atoms with Crippen LogP contribution in [-0.4, -0.2) is 59.9 Å². The minimum atomic E-state index is -4.75. The Hall–Kier alpha value is -3.86. The van der Waals surface area contributed by atoms with E-state index in [0.29, 0.717) is 25.7 Å². The topological polar surface area (TPSA) is 172 Å². The molecule has 3 atom stereocenters. The number of rotatable bonds is 37. The first-order valence-corrected chi connectivity index (χ1v) is 22.4. The van der Waals surface area contributed by atoms with Crippen LogP contribution in [0.5, 0.6) is 0 Å². The molecule has 0 amide bonds. The van der Waals surface area contributed by atoms with Crippen LogP contribution in [-0.2, 0) is 37.5 Å². The number of phosphoric acid groups is 1. The lowest BCUT2D eigenvalue weighted by molar-refractivity contribution is -0.161. The van der Waals surface area contributed by atoms with Crippen molar-refractivity contribution in [2.24, 2.45) is 5.73 Å². The van der Waals surface area contributed by atoms with Gasteiger partial charge in [0.1, 0.15) is 12.6 Å². The van der Waals surface area contributed by atoms with E-state index in [-0.39, 0.29) is 12.8 Å². The highest BCUT2D eigenvalue weighted by molar-refractivity contribution is 7.47. The van der Waals surface area contributed by atoms with Gasteiger partial charge in [-0.2, -0.15) is 0 Å². The Labute approximate surface area is 348 Å². The van der Waals surface area contributed by atoms with Crippen LogP contribution in [0, 0.1) is 0 Å². The number of carbonyl (C=O) groups is 3. The molecule has 0 aliphatic carbocycles. The molecule has 58 heavy (non-hydrogen) atoms. The van der Waals surface area contributed by atoms with Crippen LogP contribution < -0.4 is 5.73 Å². The number of nitrogens with two attached hydrogens (primary N) is 1. The van der Waals surface area contributed by atoms with Crippen LogP contribution in [0.15, 0.2) is 109 Å². The molecule has 0 radical (unpaired) electrons. The van der Waals surface area contributed by atoms with Gasteiger partial charge in [-0.15, -0.1) is 0 Å². The molecule has 0 aliphatic rings. The highest BCUT2D eigenvalue weighted by atomic mass is 31.2. The summed E-state index contributed by atoms with van der Waals surface area (Å²) < 4.78 is 32.5. The number of ether oxygens (including phenoxy) is 2. The lowest BCUT2D eigenvalue weighted by Crippen LogP contribution is -2.34. The highest BCUT2D eigenvalue weighted by Crippen LogP contribution is 2.43. The quantitative estimate of drug-likeness (QED) is 0.0235. The van der Waals surface area contributed by atoms with Gasteiger partial charge in [-0.25, -0.2) is 4.57 Å². The minimum absolute atomic E-state index is 0.0659. The molecular formula is C46H72NO10P. The number of allylic oxidation sites excluding steroid dienone is 18. The first kappa shape index (κ1) is 54.1. The molecule has 0 fully saturated rings. The van der Waals surface area contributed by atoms with E-state index < -0.39 is 57.7 Å². The third-order valence-corrected chi connectivity index (χ3v) is 8.96. The van der Waals surface area contributed by atoms with Crippen LogP contribution in [0.3, 0.4) is 0 Å². The monoisotopic (exact) mass is 829 g/mol. The molecule has 11 nitrogen and oxygen atoms in total. The Balaban J connectivity index is 4.61. The van der Waals surface area contributed by atoms with Gasteiger partial charge in [0, 0.05) is 12.8 Å². The van der Waals surface area contributed by atoms with E-state index in [0.717, 1.165) is 57.8 Å². The molecule has 4 N–H and O–H groups in total. The molecule has 0 aromatic rings. The Morgan fingerprint density at radius 2 is 0.948 bits per heavy atom.